The Morgan fingerprint density at radius 3 is 2.38 bits per heavy atom. The van der Waals surface area contributed by atoms with Gasteiger partial charge in [-0.3, -0.25) is 0 Å². The number of aliphatic hydroxyl groups excluding tert-OH is 2. The van der Waals surface area contributed by atoms with E-state index in [2.05, 4.69) is 0 Å². The van der Waals surface area contributed by atoms with Gasteiger partial charge in [-0.05, 0) is 36.6 Å². The fourth-order valence-corrected chi connectivity index (χ4v) is 6.19. The van der Waals surface area contributed by atoms with Gasteiger partial charge in [0.15, 0.2) is 15.6 Å². The molecule has 0 saturated carbocycles. The second kappa shape index (κ2) is 8.33. The number of benzene rings is 1. The Hall–Kier alpha value is -1.49. The van der Waals surface area contributed by atoms with Gasteiger partial charge in [0.1, 0.15) is 12.2 Å². The van der Waals surface area contributed by atoms with E-state index in [1.165, 1.54) is 0 Å². The highest BCUT2D eigenvalue weighted by Gasteiger charge is 2.51. The van der Waals surface area contributed by atoms with Gasteiger partial charge in [0.05, 0.1) is 29.8 Å². The van der Waals surface area contributed by atoms with Crippen molar-refractivity contribution in [2.45, 2.75) is 48.8 Å². The summed E-state index contributed by atoms with van der Waals surface area (Å²) in [6, 6.07) is 5.04. The number of halogens is 1. The van der Waals surface area contributed by atoms with Crippen LogP contribution in [0.25, 0.3) is 0 Å². The van der Waals surface area contributed by atoms with Crippen LogP contribution in [-0.2, 0) is 29.9 Å². The number of hydrogen-bond donors (Lipinski definition) is 3. The average Bonchev–Trinajstić information content (AvgIpc) is 3.02. The number of carboxylic acids is 1. The van der Waals surface area contributed by atoms with Crippen LogP contribution < -0.4 is 0 Å². The van der Waals surface area contributed by atoms with Crippen molar-refractivity contribution in [2.24, 2.45) is 0 Å². The molecule has 1 spiro atoms. The van der Waals surface area contributed by atoms with Crippen LogP contribution >= 0.6 is 11.6 Å². The minimum absolute atomic E-state index is 0.0414. The lowest BCUT2D eigenvalue weighted by atomic mass is 9.94. The SMILES string of the molecule is Cc1cccc(Cl)c1CS(=O)(=O)C1CCC2(C=C1C(=O)O)O[C@@H](CO)[C@H](CO)O2. The summed E-state index contributed by atoms with van der Waals surface area (Å²) in [5.74, 6) is -3.27. The zero-order chi connectivity index (χ0) is 21.4. The standard InChI is InChI=1S/C19H23ClO8S/c1-11-3-2-4-14(20)13(11)10-29(25,26)17-5-6-19(7-12(17)18(23)24)27-15(8-21)16(9-22)28-19/h2-4,7,15-17,21-22H,5-6,8-10H2,1H3,(H,23,24)/t15-,16-,17?/m0/s1. The zero-order valence-corrected chi connectivity index (χ0v) is 17.3. The summed E-state index contributed by atoms with van der Waals surface area (Å²) in [6.07, 6.45) is -0.475. The van der Waals surface area contributed by atoms with Crippen molar-refractivity contribution < 1.29 is 38.0 Å². The lowest BCUT2D eigenvalue weighted by molar-refractivity contribution is -0.153. The largest absolute Gasteiger partial charge is 0.478 e. The van der Waals surface area contributed by atoms with Gasteiger partial charge < -0.3 is 24.8 Å². The van der Waals surface area contributed by atoms with E-state index >= 15 is 0 Å². The molecule has 0 amide bonds. The lowest BCUT2D eigenvalue weighted by Crippen LogP contribution is -2.41. The molecule has 8 nitrogen and oxygen atoms in total. The molecule has 1 aromatic carbocycles. The third-order valence-corrected chi connectivity index (χ3v) is 7.73. The smallest absolute Gasteiger partial charge is 0.332 e. The van der Waals surface area contributed by atoms with Crippen LogP contribution in [0.3, 0.4) is 0 Å². The molecule has 1 saturated heterocycles. The molecule has 1 aliphatic heterocycles. The quantitative estimate of drug-likeness (QED) is 0.594. The second-order valence-electron chi connectivity index (χ2n) is 7.26. The summed E-state index contributed by atoms with van der Waals surface area (Å²) >= 11 is 6.15. The number of ether oxygens (including phenoxy) is 2. The number of sulfone groups is 1. The highest BCUT2D eigenvalue weighted by molar-refractivity contribution is 7.91. The maximum absolute atomic E-state index is 13.1. The van der Waals surface area contributed by atoms with Crippen LogP contribution in [-0.4, -0.2) is 66.2 Å². The normalized spacial score (nSPS) is 26.5. The maximum atomic E-state index is 13.1. The first kappa shape index (κ1) is 22.2. The Bertz CT molecular complexity index is 894. The van der Waals surface area contributed by atoms with Crippen LogP contribution in [0.15, 0.2) is 29.8 Å². The van der Waals surface area contributed by atoms with Gasteiger partial charge >= 0.3 is 5.97 Å². The molecular weight excluding hydrogens is 424 g/mol. The first-order valence-corrected chi connectivity index (χ1v) is 11.2. The monoisotopic (exact) mass is 446 g/mol. The predicted molar refractivity (Wildman–Crippen MR) is 104 cm³/mol. The first-order chi connectivity index (χ1) is 13.6. The van der Waals surface area contributed by atoms with E-state index in [1.54, 1.807) is 25.1 Å². The van der Waals surface area contributed by atoms with Crippen LogP contribution in [0, 0.1) is 6.92 Å². The van der Waals surface area contributed by atoms with Gasteiger partial charge in [0.25, 0.3) is 0 Å². The van der Waals surface area contributed by atoms with Crippen molar-refractivity contribution in [3.05, 3.63) is 46.0 Å². The number of carboxylic acid groups (broad SMARTS) is 1. The van der Waals surface area contributed by atoms with E-state index in [9.17, 15) is 28.5 Å². The van der Waals surface area contributed by atoms with Crippen LogP contribution in [0.5, 0.6) is 0 Å². The Morgan fingerprint density at radius 2 is 1.86 bits per heavy atom. The fraction of sp³-hybridized carbons (Fsp3) is 0.526. The third kappa shape index (κ3) is 4.35. The Balaban J connectivity index is 1.94. The van der Waals surface area contributed by atoms with Crippen LogP contribution in [0.4, 0.5) is 0 Å². The van der Waals surface area contributed by atoms with E-state index in [1.807, 2.05) is 0 Å². The summed E-state index contributed by atoms with van der Waals surface area (Å²) in [5.41, 5.74) is 0.790. The van der Waals surface area contributed by atoms with E-state index < -0.39 is 52.3 Å². The van der Waals surface area contributed by atoms with Gasteiger partial charge in [0.2, 0.25) is 0 Å². The highest BCUT2D eigenvalue weighted by atomic mass is 35.5. The van der Waals surface area contributed by atoms with Gasteiger partial charge in [-0.15, -0.1) is 0 Å². The van der Waals surface area contributed by atoms with Crippen molar-refractivity contribution in [1.82, 2.24) is 0 Å². The first-order valence-electron chi connectivity index (χ1n) is 9.11. The molecule has 0 radical (unpaired) electrons. The number of aliphatic hydroxyl groups is 2. The number of aryl methyl sites for hydroxylation is 1. The second-order valence-corrected chi connectivity index (χ2v) is 9.85. The average molecular weight is 447 g/mol. The third-order valence-electron chi connectivity index (χ3n) is 5.33. The number of rotatable bonds is 6. The summed E-state index contributed by atoms with van der Waals surface area (Å²) in [6.45, 7) is 0.901. The van der Waals surface area contributed by atoms with Crippen molar-refractivity contribution in [3.63, 3.8) is 0 Å². The van der Waals surface area contributed by atoms with Crippen molar-refractivity contribution in [1.29, 1.82) is 0 Å². The van der Waals surface area contributed by atoms with Crippen molar-refractivity contribution >= 4 is 27.4 Å². The summed E-state index contributed by atoms with van der Waals surface area (Å²) in [4.78, 5) is 11.9. The van der Waals surface area contributed by atoms with E-state index in [-0.39, 0.29) is 24.2 Å². The zero-order valence-electron chi connectivity index (χ0n) is 15.7. The lowest BCUT2D eigenvalue weighted by Gasteiger charge is -2.33. The maximum Gasteiger partial charge on any atom is 0.332 e. The van der Waals surface area contributed by atoms with E-state index in [4.69, 9.17) is 21.1 Å². The molecule has 29 heavy (non-hydrogen) atoms. The summed E-state index contributed by atoms with van der Waals surface area (Å²) < 4.78 is 37.5. The molecule has 2 aliphatic rings. The van der Waals surface area contributed by atoms with Gasteiger partial charge in [0, 0.05) is 11.4 Å². The van der Waals surface area contributed by atoms with Crippen LogP contribution in [0.2, 0.25) is 5.02 Å². The summed E-state index contributed by atoms with van der Waals surface area (Å²) in [5, 5.41) is 27.5. The molecule has 0 aromatic heterocycles. The molecule has 10 heteroatoms. The highest BCUT2D eigenvalue weighted by Crippen LogP contribution is 2.41. The molecule has 3 atom stereocenters. The molecule has 3 N–H and O–H groups in total. The molecular formula is C19H23ClO8S. The number of aliphatic carboxylic acids is 1. The van der Waals surface area contributed by atoms with Gasteiger partial charge in [-0.25, -0.2) is 13.2 Å². The number of hydrogen-bond acceptors (Lipinski definition) is 7. The van der Waals surface area contributed by atoms with Gasteiger partial charge in [-0.2, -0.15) is 0 Å². The molecule has 3 rings (SSSR count). The molecule has 1 aromatic rings. The summed E-state index contributed by atoms with van der Waals surface area (Å²) in [7, 11) is -3.90. The molecule has 160 valence electrons. The predicted octanol–water partition coefficient (Wildman–Crippen LogP) is 1.20. The van der Waals surface area contributed by atoms with E-state index in [0.717, 1.165) is 6.08 Å². The molecule has 1 unspecified atom stereocenters. The van der Waals surface area contributed by atoms with Crippen LogP contribution in [0.1, 0.15) is 24.0 Å². The number of carbonyl (C=O) groups is 1. The Morgan fingerprint density at radius 1 is 1.24 bits per heavy atom. The minimum Gasteiger partial charge on any atom is -0.478 e. The molecule has 1 aliphatic carbocycles. The van der Waals surface area contributed by atoms with Crippen molar-refractivity contribution in [3.8, 4) is 0 Å². The molecule has 1 fully saturated rings. The van der Waals surface area contributed by atoms with Crippen molar-refractivity contribution in [2.75, 3.05) is 13.2 Å². The molecule has 0 bridgehead atoms. The molecule has 1 heterocycles. The Kier molecular flexibility index (Phi) is 6.38. The fourth-order valence-electron chi connectivity index (χ4n) is 3.80. The minimum atomic E-state index is -3.90. The van der Waals surface area contributed by atoms with Gasteiger partial charge in [-0.1, -0.05) is 23.7 Å². The Labute approximate surface area is 173 Å². The van der Waals surface area contributed by atoms with E-state index in [0.29, 0.717) is 16.1 Å². The topological polar surface area (TPSA) is 130 Å².